The third-order valence-electron chi connectivity index (χ3n) is 1.80. The van der Waals surface area contributed by atoms with Crippen molar-refractivity contribution in [3.8, 4) is 0 Å². The molecule has 0 aliphatic rings. The lowest BCUT2D eigenvalue weighted by atomic mass is 10.1. The molecule has 1 heterocycles. The molecule has 0 atom stereocenters. The zero-order valence-corrected chi connectivity index (χ0v) is 7.92. The van der Waals surface area contributed by atoms with Crippen molar-refractivity contribution in [3.05, 3.63) is 46.8 Å². The Hall–Kier alpha value is -1.35. The Morgan fingerprint density at radius 3 is 2.62 bits per heavy atom. The molecule has 2 aromatic rings. The van der Waals surface area contributed by atoms with E-state index in [1.807, 2.05) is 24.3 Å². The first-order valence-corrected chi connectivity index (χ1v) is 4.87. The van der Waals surface area contributed by atoms with E-state index in [1.165, 1.54) is 22.0 Å². The monoisotopic (exact) mass is 190 g/mol. The Kier molecular flexibility index (Phi) is 2.27. The van der Waals surface area contributed by atoms with Crippen LogP contribution >= 0.6 is 11.5 Å². The van der Waals surface area contributed by atoms with Gasteiger partial charge in [0, 0.05) is 11.3 Å². The molecule has 0 unspecified atom stereocenters. The summed E-state index contributed by atoms with van der Waals surface area (Å²) in [6.07, 6.45) is 0.926. The summed E-state index contributed by atoms with van der Waals surface area (Å²) < 4.78 is 4.03. The number of aromatic nitrogens is 1. The minimum absolute atomic E-state index is 0.621. The van der Waals surface area contributed by atoms with Crippen molar-refractivity contribution in [2.24, 2.45) is 0 Å². The number of hydrogen-bond acceptors (Lipinski definition) is 3. The Morgan fingerprint density at radius 1 is 1.23 bits per heavy atom. The third kappa shape index (κ3) is 2.06. The second-order valence-corrected chi connectivity index (χ2v) is 3.77. The summed E-state index contributed by atoms with van der Waals surface area (Å²) in [6.45, 7) is 0. The average molecular weight is 190 g/mol. The normalized spacial score (nSPS) is 10.2. The van der Waals surface area contributed by atoms with E-state index in [-0.39, 0.29) is 0 Å². The molecule has 0 saturated heterocycles. The van der Waals surface area contributed by atoms with E-state index in [0.29, 0.717) is 5.82 Å². The molecule has 0 bridgehead atoms. The first-order valence-electron chi connectivity index (χ1n) is 4.09. The van der Waals surface area contributed by atoms with E-state index in [1.54, 1.807) is 0 Å². The fraction of sp³-hybridized carbons (Fsp3) is 0.100. The van der Waals surface area contributed by atoms with E-state index < -0.39 is 0 Å². The third-order valence-corrected chi connectivity index (χ3v) is 2.60. The topological polar surface area (TPSA) is 38.9 Å². The van der Waals surface area contributed by atoms with Gasteiger partial charge in [0.1, 0.15) is 5.82 Å². The molecular weight excluding hydrogens is 180 g/mol. The maximum atomic E-state index is 5.53. The number of nitrogens with two attached hydrogens (primary N) is 1. The quantitative estimate of drug-likeness (QED) is 0.789. The van der Waals surface area contributed by atoms with Crippen LogP contribution in [-0.2, 0) is 6.42 Å². The number of rotatable bonds is 2. The van der Waals surface area contributed by atoms with Gasteiger partial charge in [-0.05, 0) is 23.2 Å². The van der Waals surface area contributed by atoms with Crippen LogP contribution in [0.3, 0.4) is 0 Å². The van der Waals surface area contributed by atoms with Crippen LogP contribution in [0.1, 0.15) is 10.4 Å². The van der Waals surface area contributed by atoms with Crippen molar-refractivity contribution < 1.29 is 0 Å². The number of hydrogen-bond donors (Lipinski definition) is 1. The molecule has 2 nitrogen and oxygen atoms in total. The Morgan fingerprint density at radius 2 is 2.00 bits per heavy atom. The molecule has 0 saturated carbocycles. The fourth-order valence-corrected chi connectivity index (χ4v) is 1.89. The molecular formula is C10H10N2S. The van der Waals surface area contributed by atoms with Gasteiger partial charge in [-0.2, -0.15) is 4.37 Å². The number of anilines is 1. The first-order chi connectivity index (χ1) is 6.34. The van der Waals surface area contributed by atoms with Gasteiger partial charge in [0.05, 0.1) is 0 Å². The Labute approximate surface area is 81.2 Å². The molecule has 0 amide bonds. The van der Waals surface area contributed by atoms with Crippen molar-refractivity contribution in [1.29, 1.82) is 0 Å². The predicted molar refractivity (Wildman–Crippen MR) is 55.8 cm³/mol. The van der Waals surface area contributed by atoms with Crippen LogP contribution in [0.15, 0.2) is 36.4 Å². The molecule has 2 rings (SSSR count). The highest BCUT2D eigenvalue weighted by Gasteiger charge is 1.99. The Balaban J connectivity index is 2.15. The molecule has 0 radical (unpaired) electrons. The molecule has 0 aliphatic heterocycles. The number of nitrogens with zero attached hydrogens (tertiary/aromatic N) is 1. The molecule has 2 N–H and O–H groups in total. The van der Waals surface area contributed by atoms with Crippen molar-refractivity contribution in [2.45, 2.75) is 6.42 Å². The van der Waals surface area contributed by atoms with Gasteiger partial charge in [-0.25, -0.2) is 0 Å². The van der Waals surface area contributed by atoms with Gasteiger partial charge in [-0.15, -0.1) is 0 Å². The second-order valence-electron chi connectivity index (χ2n) is 2.88. The SMILES string of the molecule is Nc1cc(Cc2ccccc2)sn1. The van der Waals surface area contributed by atoms with E-state index in [4.69, 9.17) is 5.73 Å². The van der Waals surface area contributed by atoms with Gasteiger partial charge in [-0.3, -0.25) is 0 Å². The fourth-order valence-electron chi connectivity index (χ4n) is 1.21. The van der Waals surface area contributed by atoms with Crippen molar-refractivity contribution in [2.75, 3.05) is 5.73 Å². The zero-order chi connectivity index (χ0) is 9.10. The average Bonchev–Trinajstić information content (AvgIpc) is 2.53. The van der Waals surface area contributed by atoms with Crippen LogP contribution in [0.25, 0.3) is 0 Å². The van der Waals surface area contributed by atoms with Gasteiger partial charge in [0.25, 0.3) is 0 Å². The van der Waals surface area contributed by atoms with Gasteiger partial charge in [0.15, 0.2) is 0 Å². The van der Waals surface area contributed by atoms with E-state index in [0.717, 1.165) is 6.42 Å². The lowest BCUT2D eigenvalue weighted by molar-refractivity contribution is 1.24. The minimum atomic E-state index is 0.621. The molecule has 3 heteroatoms. The Bertz CT molecular complexity index is 381. The van der Waals surface area contributed by atoms with Crippen molar-refractivity contribution >= 4 is 17.4 Å². The summed E-state index contributed by atoms with van der Waals surface area (Å²) in [7, 11) is 0. The lowest BCUT2D eigenvalue weighted by Gasteiger charge is -1.95. The van der Waals surface area contributed by atoms with Crippen molar-refractivity contribution in [3.63, 3.8) is 0 Å². The molecule has 66 valence electrons. The summed E-state index contributed by atoms with van der Waals surface area (Å²) in [5.74, 6) is 0.621. The summed E-state index contributed by atoms with van der Waals surface area (Å²) >= 11 is 1.47. The smallest absolute Gasteiger partial charge is 0.137 e. The molecule has 13 heavy (non-hydrogen) atoms. The number of nitrogen functional groups attached to an aromatic ring is 1. The maximum Gasteiger partial charge on any atom is 0.137 e. The highest BCUT2D eigenvalue weighted by molar-refractivity contribution is 7.06. The van der Waals surface area contributed by atoms with Crippen LogP contribution in [0.2, 0.25) is 0 Å². The van der Waals surface area contributed by atoms with Gasteiger partial charge in [-0.1, -0.05) is 30.3 Å². The van der Waals surface area contributed by atoms with Crippen LogP contribution < -0.4 is 5.73 Å². The molecule has 1 aromatic heterocycles. The van der Waals surface area contributed by atoms with Gasteiger partial charge >= 0.3 is 0 Å². The van der Waals surface area contributed by atoms with E-state index in [2.05, 4.69) is 16.5 Å². The minimum Gasteiger partial charge on any atom is -0.383 e. The predicted octanol–water partition coefficient (Wildman–Crippen LogP) is 2.32. The van der Waals surface area contributed by atoms with Crippen molar-refractivity contribution in [1.82, 2.24) is 4.37 Å². The van der Waals surface area contributed by atoms with E-state index >= 15 is 0 Å². The van der Waals surface area contributed by atoms with Gasteiger partial charge < -0.3 is 5.73 Å². The lowest BCUT2D eigenvalue weighted by Crippen LogP contribution is -1.83. The highest BCUT2D eigenvalue weighted by atomic mass is 32.1. The summed E-state index contributed by atoms with van der Waals surface area (Å²) in [6, 6.07) is 12.2. The highest BCUT2D eigenvalue weighted by Crippen LogP contribution is 2.15. The van der Waals surface area contributed by atoms with Crippen LogP contribution in [0.5, 0.6) is 0 Å². The van der Waals surface area contributed by atoms with Gasteiger partial charge in [0.2, 0.25) is 0 Å². The zero-order valence-electron chi connectivity index (χ0n) is 7.10. The van der Waals surface area contributed by atoms with Crippen LogP contribution in [0, 0.1) is 0 Å². The molecule has 0 spiro atoms. The molecule has 0 fully saturated rings. The largest absolute Gasteiger partial charge is 0.383 e. The standard InChI is InChI=1S/C10H10N2S/c11-10-7-9(13-12-10)6-8-4-2-1-3-5-8/h1-5,7H,6H2,(H2,11,12). The molecule has 0 aliphatic carbocycles. The second kappa shape index (κ2) is 3.58. The molecule has 1 aromatic carbocycles. The summed E-state index contributed by atoms with van der Waals surface area (Å²) in [5.41, 5.74) is 6.83. The maximum absolute atomic E-state index is 5.53. The van der Waals surface area contributed by atoms with E-state index in [9.17, 15) is 0 Å². The van der Waals surface area contributed by atoms with Crippen LogP contribution in [0.4, 0.5) is 5.82 Å². The van der Waals surface area contributed by atoms with Crippen LogP contribution in [-0.4, -0.2) is 4.37 Å². The first kappa shape index (κ1) is 8.26. The summed E-state index contributed by atoms with van der Waals surface area (Å²) in [4.78, 5) is 1.21. The summed E-state index contributed by atoms with van der Waals surface area (Å²) in [5, 5.41) is 0. The number of benzene rings is 1.